The highest BCUT2D eigenvalue weighted by molar-refractivity contribution is 5.85. The first kappa shape index (κ1) is 25.3. The van der Waals surface area contributed by atoms with Gasteiger partial charge in [-0.2, -0.15) is 0 Å². The first-order valence-electron chi connectivity index (χ1n) is 11.2. The predicted molar refractivity (Wildman–Crippen MR) is 126 cm³/mol. The first-order valence-corrected chi connectivity index (χ1v) is 11.2. The zero-order valence-electron chi connectivity index (χ0n) is 17.7. The number of rotatable bonds is 2. The van der Waals surface area contributed by atoms with E-state index in [0.29, 0.717) is 35.7 Å². The predicted octanol–water partition coefficient (Wildman–Crippen LogP) is 4.42. The maximum absolute atomic E-state index is 11.7. The van der Waals surface area contributed by atoms with Gasteiger partial charge in [0.05, 0.1) is 0 Å². The zero-order chi connectivity index (χ0) is 19.3. The number of benzene rings is 1. The molecule has 1 aromatic rings. The lowest BCUT2D eigenvalue weighted by Crippen LogP contribution is -2.48. The van der Waals surface area contributed by atoms with Crippen molar-refractivity contribution in [3.63, 3.8) is 0 Å². The molecule has 4 fully saturated rings. The lowest BCUT2D eigenvalue weighted by molar-refractivity contribution is -0.122. The second-order valence-corrected chi connectivity index (χ2v) is 9.31. The summed E-state index contributed by atoms with van der Waals surface area (Å²) in [4.78, 5) is 22.7. The molecule has 5 rings (SSSR count). The summed E-state index contributed by atoms with van der Waals surface area (Å²) >= 11 is 0. The fourth-order valence-corrected chi connectivity index (χ4v) is 5.58. The number of hydrogen-bond acceptors (Lipinski definition) is 4. The molecule has 0 saturated carbocycles. The third kappa shape index (κ3) is 7.33. The minimum Gasteiger partial charge on any atom is -0.310 e. The number of hydrogen-bond donors (Lipinski definition) is 2. The molecule has 4 saturated heterocycles. The molecule has 1 aromatic carbocycles. The Morgan fingerprint density at radius 1 is 0.700 bits per heavy atom. The van der Waals surface area contributed by atoms with Crippen LogP contribution in [0.15, 0.2) is 30.3 Å². The highest BCUT2D eigenvalue weighted by atomic mass is 35.5. The van der Waals surface area contributed by atoms with Crippen LogP contribution < -0.4 is 10.6 Å². The average Bonchev–Trinajstić information content (AvgIpc) is 2.80. The lowest BCUT2D eigenvalue weighted by atomic mass is 9.86. The Labute approximate surface area is 193 Å². The third-order valence-corrected chi connectivity index (χ3v) is 6.85. The summed E-state index contributed by atoms with van der Waals surface area (Å²) in [6, 6.07) is 12.7. The minimum absolute atomic E-state index is 0. The number of ketones is 2. The Kier molecular flexibility index (Phi) is 10.3. The smallest absolute Gasteiger partial charge is 0.136 e. The van der Waals surface area contributed by atoms with Gasteiger partial charge in [0.15, 0.2) is 0 Å². The largest absolute Gasteiger partial charge is 0.310 e. The van der Waals surface area contributed by atoms with Gasteiger partial charge >= 0.3 is 0 Å². The van der Waals surface area contributed by atoms with Crippen LogP contribution in [0.5, 0.6) is 0 Å². The van der Waals surface area contributed by atoms with Crippen LogP contribution in [0.25, 0.3) is 0 Å². The van der Waals surface area contributed by atoms with Crippen molar-refractivity contribution in [2.45, 2.75) is 94.8 Å². The Bertz CT molecular complexity index is 671. The molecule has 4 aliphatic rings. The Balaban J connectivity index is 0.000000229. The molecular formula is C24H36Cl2N2O2. The van der Waals surface area contributed by atoms with E-state index in [1.54, 1.807) is 0 Å². The van der Waals surface area contributed by atoms with Crippen LogP contribution in [-0.2, 0) is 16.0 Å². The molecule has 0 aliphatic carbocycles. The molecular weight excluding hydrogens is 419 g/mol. The monoisotopic (exact) mass is 454 g/mol. The number of carbonyl (C=O) groups is 2. The topological polar surface area (TPSA) is 58.2 Å². The number of piperidine rings is 3. The fraction of sp³-hybridized carbons (Fsp3) is 0.667. The molecule has 4 aliphatic heterocycles. The third-order valence-electron chi connectivity index (χ3n) is 6.85. The van der Waals surface area contributed by atoms with E-state index in [0.717, 1.165) is 38.0 Å². The fourth-order valence-electron chi connectivity index (χ4n) is 5.58. The molecule has 4 bridgehead atoms. The quantitative estimate of drug-likeness (QED) is 0.693. The Morgan fingerprint density at radius 3 is 1.87 bits per heavy atom. The van der Waals surface area contributed by atoms with Gasteiger partial charge in [0, 0.05) is 49.9 Å². The van der Waals surface area contributed by atoms with Crippen LogP contribution in [0.1, 0.15) is 69.8 Å². The van der Waals surface area contributed by atoms with Gasteiger partial charge in [-0.3, -0.25) is 9.59 Å². The highest BCUT2D eigenvalue weighted by Crippen LogP contribution is 2.29. The van der Waals surface area contributed by atoms with Crippen molar-refractivity contribution in [3.05, 3.63) is 35.9 Å². The molecule has 6 heteroatoms. The molecule has 5 atom stereocenters. The molecule has 5 unspecified atom stereocenters. The number of halogens is 2. The molecule has 30 heavy (non-hydrogen) atoms. The molecule has 0 spiro atoms. The molecule has 4 nitrogen and oxygen atoms in total. The second-order valence-electron chi connectivity index (χ2n) is 9.31. The van der Waals surface area contributed by atoms with E-state index in [1.807, 2.05) is 0 Å². The molecule has 0 amide bonds. The van der Waals surface area contributed by atoms with E-state index in [4.69, 9.17) is 0 Å². The van der Waals surface area contributed by atoms with Crippen LogP contribution in [0.3, 0.4) is 0 Å². The molecule has 0 radical (unpaired) electrons. The van der Waals surface area contributed by atoms with Crippen molar-refractivity contribution >= 4 is 36.4 Å². The molecule has 2 N–H and O–H groups in total. The summed E-state index contributed by atoms with van der Waals surface area (Å²) in [7, 11) is 0. The molecule has 0 aromatic heterocycles. The number of nitrogens with one attached hydrogen (secondary N) is 2. The lowest BCUT2D eigenvalue weighted by Gasteiger charge is -2.34. The summed E-state index contributed by atoms with van der Waals surface area (Å²) < 4.78 is 0. The number of fused-ring (bicyclic) bond motifs is 4. The zero-order valence-corrected chi connectivity index (χ0v) is 19.3. The maximum Gasteiger partial charge on any atom is 0.136 e. The van der Waals surface area contributed by atoms with Gasteiger partial charge in [-0.05, 0) is 50.0 Å². The van der Waals surface area contributed by atoms with Gasteiger partial charge in [0.2, 0.25) is 0 Å². The van der Waals surface area contributed by atoms with E-state index in [1.165, 1.54) is 44.1 Å². The van der Waals surface area contributed by atoms with Gasteiger partial charge in [-0.15, -0.1) is 24.8 Å². The Morgan fingerprint density at radius 2 is 1.23 bits per heavy atom. The Hall–Kier alpha value is -0.940. The summed E-state index contributed by atoms with van der Waals surface area (Å²) in [6.07, 6.45) is 11.6. The van der Waals surface area contributed by atoms with Crippen molar-refractivity contribution < 1.29 is 9.59 Å². The summed E-state index contributed by atoms with van der Waals surface area (Å²) in [5.41, 5.74) is 1.44. The normalized spacial score (nSPS) is 32.5. The minimum atomic E-state index is 0. The van der Waals surface area contributed by atoms with Crippen LogP contribution in [0, 0.1) is 5.92 Å². The van der Waals surface area contributed by atoms with Crippen LogP contribution in [0.4, 0.5) is 0 Å². The van der Waals surface area contributed by atoms with Crippen LogP contribution in [-0.4, -0.2) is 35.7 Å². The van der Waals surface area contributed by atoms with E-state index >= 15 is 0 Å². The average molecular weight is 455 g/mol. The summed E-state index contributed by atoms with van der Waals surface area (Å²) in [6.45, 7) is 0. The summed E-state index contributed by atoms with van der Waals surface area (Å²) in [5.74, 6) is 1.67. The number of Topliss-reactive ketones (excluding diaryl/α,β-unsaturated/α-hetero) is 2. The van der Waals surface area contributed by atoms with Gasteiger partial charge in [0.1, 0.15) is 11.6 Å². The van der Waals surface area contributed by atoms with Crippen LogP contribution >= 0.6 is 24.8 Å². The van der Waals surface area contributed by atoms with E-state index in [9.17, 15) is 9.59 Å². The van der Waals surface area contributed by atoms with Crippen LogP contribution in [0.2, 0.25) is 0 Å². The second kappa shape index (κ2) is 12.2. The van der Waals surface area contributed by atoms with Crippen molar-refractivity contribution in [1.29, 1.82) is 0 Å². The highest BCUT2D eigenvalue weighted by Gasteiger charge is 2.32. The first-order chi connectivity index (χ1) is 13.6. The van der Waals surface area contributed by atoms with Crippen molar-refractivity contribution in [2.24, 2.45) is 5.92 Å². The van der Waals surface area contributed by atoms with Gasteiger partial charge in [-0.25, -0.2) is 0 Å². The van der Waals surface area contributed by atoms with Crippen molar-refractivity contribution in [2.75, 3.05) is 0 Å². The van der Waals surface area contributed by atoms with Gasteiger partial charge in [-0.1, -0.05) is 36.8 Å². The maximum atomic E-state index is 11.7. The van der Waals surface area contributed by atoms with E-state index < -0.39 is 0 Å². The molecule has 168 valence electrons. The van der Waals surface area contributed by atoms with E-state index in [-0.39, 0.29) is 24.8 Å². The molecule has 4 heterocycles. The SMILES string of the molecule is Cl.Cl.O=C1CC2CCC(Cc3ccccc3)CC(C1)N2.O=C1CC2CCCC(C1)N2. The summed E-state index contributed by atoms with van der Waals surface area (Å²) in [5, 5.41) is 7.10. The van der Waals surface area contributed by atoms with Crippen molar-refractivity contribution in [1.82, 2.24) is 10.6 Å². The van der Waals surface area contributed by atoms with Gasteiger partial charge in [0.25, 0.3) is 0 Å². The van der Waals surface area contributed by atoms with E-state index in [2.05, 4.69) is 41.0 Å². The number of carbonyl (C=O) groups excluding carboxylic acids is 2. The van der Waals surface area contributed by atoms with Gasteiger partial charge < -0.3 is 10.6 Å². The standard InChI is InChI=1S/C16H21NO.C8H13NO.2ClH/c18-16-10-14-7-6-13(9-15(11-16)17-14)8-12-4-2-1-3-5-12;10-8-4-6-2-1-3-7(5-8)9-6;;/h1-5,13-15,17H,6-11H2;6-7,9H,1-5H2;2*1H. The van der Waals surface area contributed by atoms with Crippen molar-refractivity contribution in [3.8, 4) is 0 Å².